The average molecular weight is 340 g/mol. The summed E-state index contributed by atoms with van der Waals surface area (Å²) in [5.41, 5.74) is 12.7. The van der Waals surface area contributed by atoms with Gasteiger partial charge in [0, 0.05) is 16.3 Å². The molecule has 3 aromatic carbocycles. The second-order valence-electron chi connectivity index (χ2n) is 6.78. The van der Waals surface area contributed by atoms with Crippen LogP contribution in [0.4, 0.5) is 5.69 Å². The van der Waals surface area contributed by atoms with Crippen molar-refractivity contribution >= 4 is 11.8 Å². The minimum absolute atomic E-state index is 0.855. The molecule has 3 aromatic rings. The average Bonchev–Trinajstić information content (AvgIpc) is 3.25. The Morgan fingerprint density at radius 3 is 2.27 bits per heavy atom. The van der Waals surface area contributed by atoms with Crippen LogP contribution in [0.2, 0.25) is 0 Å². The minimum atomic E-state index is 0.855. The van der Waals surface area contributed by atoms with E-state index in [1.54, 1.807) is 0 Å². The predicted octanol–water partition coefficient (Wildman–Crippen LogP) is 4.56. The molecule has 2 N–H and O–H groups in total. The minimum Gasteiger partial charge on any atom is -0.330 e. The van der Waals surface area contributed by atoms with E-state index in [-0.39, 0.29) is 0 Å². The van der Waals surface area contributed by atoms with Crippen LogP contribution in [0, 0.1) is 0 Å². The Morgan fingerprint density at radius 2 is 1.50 bits per heavy atom. The van der Waals surface area contributed by atoms with Gasteiger partial charge in [-0.25, -0.2) is 4.99 Å². The topological polar surface area (TPSA) is 38.4 Å². The van der Waals surface area contributed by atoms with Gasteiger partial charge in [0.15, 0.2) is 0 Å². The van der Waals surface area contributed by atoms with Gasteiger partial charge >= 0.3 is 0 Å². The first-order chi connectivity index (χ1) is 12.8. The Hall–Kier alpha value is -2.71. The number of hydrogen-bond acceptors (Lipinski definition) is 2. The molecule has 0 saturated carbocycles. The van der Waals surface area contributed by atoms with Crippen LogP contribution in [0.3, 0.4) is 0 Å². The lowest BCUT2D eigenvalue weighted by Crippen LogP contribution is -2.25. The molecule has 0 fully saturated rings. The van der Waals surface area contributed by atoms with Gasteiger partial charge in [0.05, 0.1) is 11.0 Å². The number of hydrogen-bond donors (Lipinski definition) is 1. The molecule has 0 bridgehead atoms. The number of rotatable bonds is 3. The first-order valence-electron chi connectivity index (χ1n) is 9.46. The molecule has 0 aromatic heterocycles. The highest BCUT2D eigenvalue weighted by molar-refractivity contribution is 5.87. The molecule has 0 saturated heterocycles. The highest BCUT2D eigenvalue weighted by Gasteiger charge is 2.19. The molecule has 0 unspecified atom stereocenters. The first kappa shape index (κ1) is 16.7. The summed E-state index contributed by atoms with van der Waals surface area (Å²) in [6.45, 7) is 3.03. The molecule has 2 aliphatic rings. The summed E-state index contributed by atoms with van der Waals surface area (Å²) in [6.07, 6.45) is 6.02. The van der Waals surface area contributed by atoms with Crippen molar-refractivity contribution in [3.05, 3.63) is 76.8 Å². The van der Waals surface area contributed by atoms with Crippen molar-refractivity contribution in [2.45, 2.75) is 26.2 Å². The number of nitrogens with zero attached hydrogens (tertiary/aromatic N) is 1. The van der Waals surface area contributed by atoms with Crippen LogP contribution in [-0.2, 0) is 0 Å². The zero-order chi connectivity index (χ0) is 17.9. The maximum Gasteiger partial charge on any atom is 0.0795 e. The van der Waals surface area contributed by atoms with Crippen LogP contribution in [0.1, 0.15) is 31.7 Å². The standard InChI is InChI=1S/C19H11N.C5H13N/c1-2-6-13-12(5-1)11-17-14(13)9-10-16-15-7-3-4-8-18(15)20-19(16)17;1-2-3-4-5-6/h1-11H;2-6H2,1H3. The van der Waals surface area contributed by atoms with Crippen molar-refractivity contribution in [2.75, 3.05) is 6.54 Å². The third kappa shape index (κ3) is 2.87. The molecule has 1 aliphatic heterocycles. The Morgan fingerprint density at radius 1 is 0.769 bits per heavy atom. The fourth-order valence-electron chi connectivity index (χ4n) is 3.66. The van der Waals surface area contributed by atoms with Gasteiger partial charge in [-0.3, -0.25) is 0 Å². The van der Waals surface area contributed by atoms with Gasteiger partial charge in [0.25, 0.3) is 0 Å². The molecule has 26 heavy (non-hydrogen) atoms. The van der Waals surface area contributed by atoms with Gasteiger partial charge in [-0.1, -0.05) is 74.4 Å². The van der Waals surface area contributed by atoms with Crippen molar-refractivity contribution in [2.24, 2.45) is 10.7 Å². The van der Waals surface area contributed by atoms with Gasteiger partial charge in [-0.15, -0.1) is 0 Å². The van der Waals surface area contributed by atoms with E-state index in [0.29, 0.717) is 0 Å². The summed E-state index contributed by atoms with van der Waals surface area (Å²) in [5, 5.41) is 2.39. The van der Waals surface area contributed by atoms with Crippen LogP contribution < -0.4 is 16.3 Å². The molecule has 0 spiro atoms. The zero-order valence-corrected chi connectivity index (χ0v) is 15.2. The Balaban J connectivity index is 0.000000246. The molecule has 5 rings (SSSR count). The van der Waals surface area contributed by atoms with Crippen LogP contribution in [-0.4, -0.2) is 6.54 Å². The predicted molar refractivity (Wildman–Crippen MR) is 110 cm³/mol. The third-order valence-electron chi connectivity index (χ3n) is 5.00. The third-order valence-corrected chi connectivity index (χ3v) is 5.00. The van der Waals surface area contributed by atoms with E-state index in [1.165, 1.54) is 52.3 Å². The van der Waals surface area contributed by atoms with Crippen LogP contribution in [0.25, 0.3) is 28.3 Å². The number of fused-ring (bicyclic) bond motifs is 7. The maximum absolute atomic E-state index is 5.21. The van der Waals surface area contributed by atoms with E-state index >= 15 is 0 Å². The molecular formula is C24H24N2. The summed E-state index contributed by atoms with van der Waals surface area (Å²) in [5.74, 6) is 0. The van der Waals surface area contributed by atoms with Gasteiger partial charge in [-0.2, -0.15) is 0 Å². The van der Waals surface area contributed by atoms with Crippen molar-refractivity contribution in [1.29, 1.82) is 0 Å². The molecule has 130 valence electrons. The first-order valence-corrected chi connectivity index (χ1v) is 9.46. The molecule has 0 atom stereocenters. The Kier molecular flexibility index (Phi) is 4.68. The maximum atomic E-state index is 5.21. The molecule has 2 nitrogen and oxygen atoms in total. The zero-order valence-electron chi connectivity index (χ0n) is 15.2. The quantitative estimate of drug-likeness (QED) is 0.480. The van der Waals surface area contributed by atoms with E-state index in [0.717, 1.165) is 17.6 Å². The Labute approximate surface area is 154 Å². The molecular weight excluding hydrogens is 316 g/mol. The number of benzene rings is 3. The molecule has 0 radical (unpaired) electrons. The Bertz CT molecular complexity index is 977. The molecule has 1 aliphatic carbocycles. The lowest BCUT2D eigenvalue weighted by Gasteiger charge is -2.02. The van der Waals surface area contributed by atoms with Crippen LogP contribution >= 0.6 is 0 Å². The second kappa shape index (κ2) is 7.27. The SMILES string of the molecule is C1=c2c(ccc3c2=Nc2ccccc2-3)-c2ccccc21.CCCCCN. The van der Waals surface area contributed by atoms with E-state index in [2.05, 4.69) is 67.6 Å². The summed E-state index contributed by atoms with van der Waals surface area (Å²) >= 11 is 0. The van der Waals surface area contributed by atoms with Crippen molar-refractivity contribution in [1.82, 2.24) is 0 Å². The molecule has 1 heterocycles. The largest absolute Gasteiger partial charge is 0.330 e. The van der Waals surface area contributed by atoms with E-state index < -0.39 is 0 Å². The highest BCUT2D eigenvalue weighted by atomic mass is 14.8. The smallest absolute Gasteiger partial charge is 0.0795 e. The van der Waals surface area contributed by atoms with Gasteiger partial charge in [-0.05, 0) is 41.8 Å². The van der Waals surface area contributed by atoms with Crippen LogP contribution in [0.15, 0.2) is 65.7 Å². The lowest BCUT2D eigenvalue weighted by atomic mass is 10.0. The summed E-state index contributed by atoms with van der Waals surface area (Å²) in [7, 11) is 0. The molecule has 0 amide bonds. The lowest BCUT2D eigenvalue weighted by molar-refractivity contribution is 0.727. The molecule has 2 heteroatoms. The normalized spacial score (nSPS) is 11.9. The van der Waals surface area contributed by atoms with Crippen molar-refractivity contribution in [3.63, 3.8) is 0 Å². The fourth-order valence-corrected chi connectivity index (χ4v) is 3.66. The van der Waals surface area contributed by atoms with E-state index in [1.807, 2.05) is 6.07 Å². The summed E-state index contributed by atoms with van der Waals surface area (Å²) < 4.78 is 0. The van der Waals surface area contributed by atoms with Crippen LogP contribution in [0.5, 0.6) is 0 Å². The highest BCUT2D eigenvalue weighted by Crippen LogP contribution is 2.33. The fraction of sp³-hybridized carbons (Fsp3) is 0.208. The van der Waals surface area contributed by atoms with E-state index in [4.69, 9.17) is 10.7 Å². The monoisotopic (exact) mass is 340 g/mol. The number of para-hydroxylation sites is 1. The van der Waals surface area contributed by atoms with Crippen molar-refractivity contribution < 1.29 is 0 Å². The van der Waals surface area contributed by atoms with Gasteiger partial charge < -0.3 is 5.73 Å². The van der Waals surface area contributed by atoms with Crippen molar-refractivity contribution in [3.8, 4) is 22.3 Å². The summed E-state index contributed by atoms with van der Waals surface area (Å²) in [4.78, 5) is 4.84. The summed E-state index contributed by atoms with van der Waals surface area (Å²) in [6, 6.07) is 21.3. The second-order valence-corrected chi connectivity index (χ2v) is 6.78. The number of nitrogens with two attached hydrogens (primary N) is 1. The number of unbranched alkanes of at least 4 members (excludes halogenated alkanes) is 2. The van der Waals surface area contributed by atoms with Gasteiger partial charge in [0.1, 0.15) is 0 Å². The van der Waals surface area contributed by atoms with Gasteiger partial charge in [0.2, 0.25) is 0 Å². The van der Waals surface area contributed by atoms with E-state index in [9.17, 15) is 0 Å².